The number of hydrogen-bond acceptors (Lipinski definition) is 4. The van der Waals surface area contributed by atoms with Crippen molar-refractivity contribution in [2.45, 2.75) is 50.3 Å². The molecule has 0 aromatic heterocycles. The zero-order valence-electron chi connectivity index (χ0n) is 14.2. The van der Waals surface area contributed by atoms with Crippen LogP contribution in [0.5, 0.6) is 0 Å². The molecule has 0 spiro atoms. The summed E-state index contributed by atoms with van der Waals surface area (Å²) in [5, 5.41) is 3.30. The van der Waals surface area contributed by atoms with Gasteiger partial charge in [-0.05, 0) is 66.6 Å². The highest BCUT2D eigenvalue weighted by Gasteiger charge is 2.38. The second-order valence-electron chi connectivity index (χ2n) is 6.30. The standard InChI is InChI=1S/C18H22IN3O2S/c1-2-22-17(24)15(25-18(22)21-13-5-3-4-6-13)11-16(23)20-14-9-7-12(19)8-10-14/h7-10,13,15H,2-6,11H2,1H3,(H,20,23)/t15-/m0/s1. The van der Waals surface area contributed by atoms with Crippen LogP contribution < -0.4 is 5.32 Å². The van der Waals surface area contributed by atoms with Gasteiger partial charge < -0.3 is 5.32 Å². The minimum absolute atomic E-state index is 0.00186. The number of benzene rings is 1. The largest absolute Gasteiger partial charge is 0.326 e. The van der Waals surface area contributed by atoms with Gasteiger partial charge >= 0.3 is 0 Å². The number of nitrogens with zero attached hydrogens (tertiary/aromatic N) is 2. The topological polar surface area (TPSA) is 61.8 Å². The number of carbonyl (C=O) groups excluding carboxylic acids is 2. The van der Waals surface area contributed by atoms with E-state index in [-0.39, 0.29) is 23.5 Å². The van der Waals surface area contributed by atoms with E-state index in [1.807, 2.05) is 31.2 Å². The van der Waals surface area contributed by atoms with Gasteiger partial charge in [0.05, 0.1) is 6.04 Å². The van der Waals surface area contributed by atoms with Gasteiger partial charge in [0.2, 0.25) is 11.8 Å². The van der Waals surface area contributed by atoms with Gasteiger partial charge in [0, 0.05) is 22.2 Å². The van der Waals surface area contributed by atoms with Crippen LogP contribution in [0.4, 0.5) is 5.69 Å². The molecule has 1 aromatic rings. The van der Waals surface area contributed by atoms with E-state index in [9.17, 15) is 9.59 Å². The molecule has 1 heterocycles. The van der Waals surface area contributed by atoms with Gasteiger partial charge in [-0.1, -0.05) is 24.6 Å². The van der Waals surface area contributed by atoms with Gasteiger partial charge in [0.25, 0.3) is 0 Å². The van der Waals surface area contributed by atoms with Crippen molar-refractivity contribution in [2.24, 2.45) is 4.99 Å². The van der Waals surface area contributed by atoms with E-state index < -0.39 is 0 Å². The molecule has 1 N–H and O–H groups in total. The van der Waals surface area contributed by atoms with Crippen molar-refractivity contribution in [3.63, 3.8) is 0 Å². The molecule has 0 bridgehead atoms. The Labute approximate surface area is 166 Å². The average molecular weight is 471 g/mol. The van der Waals surface area contributed by atoms with E-state index in [0.717, 1.165) is 27.3 Å². The number of amides is 2. The molecule has 25 heavy (non-hydrogen) atoms. The molecule has 134 valence electrons. The molecule has 0 unspecified atom stereocenters. The van der Waals surface area contributed by atoms with E-state index >= 15 is 0 Å². The van der Waals surface area contributed by atoms with Crippen molar-refractivity contribution in [3.8, 4) is 0 Å². The van der Waals surface area contributed by atoms with Crippen LogP contribution in [0.15, 0.2) is 29.3 Å². The molecule has 1 aliphatic heterocycles. The average Bonchev–Trinajstić information content (AvgIpc) is 3.19. The predicted octanol–water partition coefficient (Wildman–Crippen LogP) is 3.88. The molecule has 0 radical (unpaired) electrons. The lowest BCUT2D eigenvalue weighted by Gasteiger charge is -2.14. The minimum atomic E-state index is -0.371. The van der Waals surface area contributed by atoms with E-state index in [1.165, 1.54) is 24.6 Å². The number of aliphatic imine (C=N–C) groups is 1. The second kappa shape index (κ2) is 8.53. The summed E-state index contributed by atoms with van der Waals surface area (Å²) >= 11 is 3.67. The molecule has 2 fully saturated rings. The summed E-state index contributed by atoms with van der Waals surface area (Å²) in [5.74, 6) is -0.132. The van der Waals surface area contributed by atoms with Crippen molar-refractivity contribution in [1.82, 2.24) is 4.90 Å². The van der Waals surface area contributed by atoms with Crippen LogP contribution in [0, 0.1) is 3.57 Å². The molecular formula is C18H22IN3O2S. The summed E-state index contributed by atoms with van der Waals surface area (Å²) < 4.78 is 1.11. The summed E-state index contributed by atoms with van der Waals surface area (Å²) in [4.78, 5) is 31.4. The number of amidine groups is 1. The van der Waals surface area contributed by atoms with Gasteiger partial charge in [-0.25, -0.2) is 0 Å². The van der Waals surface area contributed by atoms with Crippen molar-refractivity contribution in [3.05, 3.63) is 27.8 Å². The SMILES string of the molecule is CCN1C(=O)[C@H](CC(=O)Nc2ccc(I)cc2)SC1=NC1CCCC1. The van der Waals surface area contributed by atoms with Crippen LogP contribution in [-0.2, 0) is 9.59 Å². The van der Waals surface area contributed by atoms with Crippen molar-refractivity contribution < 1.29 is 9.59 Å². The molecule has 3 rings (SSSR count). The molecule has 1 saturated carbocycles. The Kier molecular flexibility index (Phi) is 6.38. The number of anilines is 1. The Bertz CT molecular complexity index is 671. The highest BCUT2D eigenvalue weighted by Crippen LogP contribution is 2.32. The fraction of sp³-hybridized carbons (Fsp3) is 0.500. The van der Waals surface area contributed by atoms with Gasteiger partial charge in [0.1, 0.15) is 5.25 Å². The fourth-order valence-corrected chi connectivity index (χ4v) is 4.77. The first-order valence-corrected chi connectivity index (χ1v) is 10.6. The van der Waals surface area contributed by atoms with Crippen LogP contribution in [0.25, 0.3) is 0 Å². The number of nitrogens with one attached hydrogen (secondary N) is 1. The maximum atomic E-state index is 12.6. The molecule has 2 aliphatic rings. The maximum absolute atomic E-state index is 12.6. The molecule has 2 amide bonds. The monoisotopic (exact) mass is 471 g/mol. The molecule has 1 atom stereocenters. The Hall–Kier alpha value is -1.09. The molecule has 5 nitrogen and oxygen atoms in total. The lowest BCUT2D eigenvalue weighted by molar-refractivity contribution is -0.128. The van der Waals surface area contributed by atoms with Gasteiger partial charge in [-0.15, -0.1) is 0 Å². The third kappa shape index (κ3) is 4.75. The first kappa shape index (κ1) is 18.7. The molecule has 1 aromatic carbocycles. The summed E-state index contributed by atoms with van der Waals surface area (Å²) in [6.07, 6.45) is 4.82. The smallest absolute Gasteiger partial charge is 0.242 e. The number of rotatable bonds is 5. The van der Waals surface area contributed by atoms with Gasteiger partial charge in [-0.3, -0.25) is 19.5 Å². The van der Waals surface area contributed by atoms with E-state index in [0.29, 0.717) is 12.6 Å². The number of carbonyl (C=O) groups is 2. The number of hydrogen-bond donors (Lipinski definition) is 1. The van der Waals surface area contributed by atoms with Crippen molar-refractivity contribution in [2.75, 3.05) is 11.9 Å². The van der Waals surface area contributed by atoms with Crippen LogP contribution in [-0.4, -0.2) is 39.7 Å². The van der Waals surface area contributed by atoms with E-state index in [2.05, 4.69) is 27.9 Å². The number of halogens is 1. The summed E-state index contributed by atoms with van der Waals surface area (Å²) in [6, 6.07) is 7.96. The van der Waals surface area contributed by atoms with Crippen LogP contribution in [0.3, 0.4) is 0 Å². The highest BCUT2D eigenvalue weighted by atomic mass is 127. The summed E-state index contributed by atoms with van der Waals surface area (Å²) in [6.45, 7) is 2.56. The molecular weight excluding hydrogens is 449 g/mol. The van der Waals surface area contributed by atoms with Crippen LogP contribution in [0.1, 0.15) is 39.0 Å². The molecule has 1 aliphatic carbocycles. The second-order valence-corrected chi connectivity index (χ2v) is 8.71. The third-order valence-corrected chi connectivity index (χ3v) is 6.36. The lowest BCUT2D eigenvalue weighted by Crippen LogP contribution is -2.33. The Morgan fingerprint density at radius 1 is 1.32 bits per heavy atom. The summed E-state index contributed by atoms with van der Waals surface area (Å²) in [5.41, 5.74) is 0.757. The highest BCUT2D eigenvalue weighted by molar-refractivity contribution is 14.1. The Morgan fingerprint density at radius 3 is 2.64 bits per heavy atom. The van der Waals surface area contributed by atoms with Gasteiger partial charge in [-0.2, -0.15) is 0 Å². The fourth-order valence-electron chi connectivity index (χ4n) is 3.13. The zero-order valence-corrected chi connectivity index (χ0v) is 17.2. The van der Waals surface area contributed by atoms with Crippen molar-refractivity contribution in [1.29, 1.82) is 0 Å². The predicted molar refractivity (Wildman–Crippen MR) is 111 cm³/mol. The summed E-state index contributed by atoms with van der Waals surface area (Å²) in [7, 11) is 0. The first-order chi connectivity index (χ1) is 12.1. The Morgan fingerprint density at radius 2 is 2.00 bits per heavy atom. The quantitative estimate of drug-likeness (QED) is 0.664. The van der Waals surface area contributed by atoms with Crippen molar-refractivity contribution >= 4 is 57.0 Å². The lowest BCUT2D eigenvalue weighted by atomic mass is 10.2. The molecule has 1 saturated heterocycles. The Balaban J connectivity index is 1.62. The third-order valence-electron chi connectivity index (χ3n) is 4.45. The molecule has 7 heteroatoms. The van der Waals surface area contributed by atoms with Gasteiger partial charge in [0.15, 0.2) is 5.17 Å². The van der Waals surface area contributed by atoms with Crippen LogP contribution >= 0.6 is 34.4 Å². The van der Waals surface area contributed by atoms with Crippen LogP contribution in [0.2, 0.25) is 0 Å². The zero-order chi connectivity index (χ0) is 17.8. The normalized spacial score (nSPS) is 22.8. The maximum Gasteiger partial charge on any atom is 0.242 e. The number of thioether (sulfide) groups is 1. The minimum Gasteiger partial charge on any atom is -0.326 e. The van der Waals surface area contributed by atoms with E-state index in [1.54, 1.807) is 4.90 Å². The van der Waals surface area contributed by atoms with E-state index in [4.69, 9.17) is 4.99 Å². The first-order valence-electron chi connectivity index (χ1n) is 8.68.